The van der Waals surface area contributed by atoms with Crippen molar-refractivity contribution in [1.29, 1.82) is 5.26 Å². The van der Waals surface area contributed by atoms with Crippen LogP contribution in [-0.2, 0) is 11.3 Å². The summed E-state index contributed by atoms with van der Waals surface area (Å²) in [5.74, 6) is 0.327. The van der Waals surface area contributed by atoms with Gasteiger partial charge in [0.05, 0.1) is 11.1 Å². The highest BCUT2D eigenvalue weighted by Gasteiger charge is 2.28. The Kier molecular flexibility index (Phi) is 8.23. The monoisotopic (exact) mass is 446 g/mol. The first-order valence-electron chi connectivity index (χ1n) is 10.2. The van der Waals surface area contributed by atoms with Crippen LogP contribution < -0.4 is 4.72 Å². The lowest BCUT2D eigenvalue weighted by Gasteiger charge is -2.34. The van der Waals surface area contributed by atoms with Crippen LogP contribution in [0.3, 0.4) is 0 Å². The molecule has 0 spiro atoms. The lowest BCUT2D eigenvalue weighted by molar-refractivity contribution is -0.134. The van der Waals surface area contributed by atoms with Crippen molar-refractivity contribution < 1.29 is 9.90 Å². The predicted molar refractivity (Wildman–Crippen MR) is 119 cm³/mol. The molecule has 1 amide bonds. The number of aliphatic hydroxyl groups excluding tert-OH is 1. The second-order valence-corrected chi connectivity index (χ2v) is 8.85. The molecule has 2 N–H and O–H groups in total. The minimum atomic E-state index is -0.412. The number of carbonyl (C=O) groups excluding carboxylic acids is 1. The minimum Gasteiger partial charge on any atom is -0.396 e. The van der Waals surface area contributed by atoms with Crippen molar-refractivity contribution in [3.8, 4) is 6.07 Å². The van der Waals surface area contributed by atoms with Crippen LogP contribution in [0.4, 0.5) is 0 Å². The number of aliphatic hydroxyl groups is 1. The van der Waals surface area contributed by atoms with E-state index in [0.717, 1.165) is 23.3 Å². The van der Waals surface area contributed by atoms with Gasteiger partial charge in [-0.25, -0.2) is 4.72 Å². The maximum absolute atomic E-state index is 13.3. The van der Waals surface area contributed by atoms with Gasteiger partial charge < -0.3 is 14.6 Å². The molecular formula is C22H27ClN4O2S. The van der Waals surface area contributed by atoms with E-state index in [1.54, 1.807) is 6.07 Å². The summed E-state index contributed by atoms with van der Waals surface area (Å²) in [6.45, 7) is 4.05. The number of likely N-dealkylation sites (tertiary alicyclic amines) is 1. The van der Waals surface area contributed by atoms with Crippen LogP contribution in [0.15, 0.2) is 41.4 Å². The molecule has 1 fully saturated rings. The number of nitriles is 1. The summed E-state index contributed by atoms with van der Waals surface area (Å²) in [5, 5.41) is 19.3. The third-order valence-corrected chi connectivity index (χ3v) is 7.13. The van der Waals surface area contributed by atoms with Gasteiger partial charge in [-0.15, -0.1) is 0 Å². The van der Waals surface area contributed by atoms with E-state index in [0.29, 0.717) is 36.8 Å². The van der Waals surface area contributed by atoms with Gasteiger partial charge >= 0.3 is 0 Å². The van der Waals surface area contributed by atoms with Gasteiger partial charge in [0.2, 0.25) is 5.91 Å². The first-order valence-corrected chi connectivity index (χ1v) is 11.3. The maximum atomic E-state index is 13.3. The van der Waals surface area contributed by atoms with Gasteiger partial charge in [0.1, 0.15) is 11.8 Å². The van der Waals surface area contributed by atoms with Crippen molar-refractivity contribution in [1.82, 2.24) is 14.2 Å². The fourth-order valence-electron chi connectivity index (χ4n) is 3.64. The Balaban J connectivity index is 1.70. The van der Waals surface area contributed by atoms with E-state index in [4.69, 9.17) is 11.6 Å². The van der Waals surface area contributed by atoms with Crippen LogP contribution in [0.5, 0.6) is 0 Å². The summed E-state index contributed by atoms with van der Waals surface area (Å²) in [6, 6.07) is 11.1. The van der Waals surface area contributed by atoms with Crippen molar-refractivity contribution in [2.75, 3.05) is 19.7 Å². The van der Waals surface area contributed by atoms with Crippen LogP contribution in [-0.4, -0.2) is 46.2 Å². The van der Waals surface area contributed by atoms with Crippen LogP contribution in [0.1, 0.15) is 30.5 Å². The number of hydrogen-bond acceptors (Lipinski definition) is 5. The summed E-state index contributed by atoms with van der Waals surface area (Å²) in [4.78, 5) is 16.1. The molecule has 0 bridgehead atoms. The molecule has 1 aliphatic heterocycles. The molecular weight excluding hydrogens is 420 g/mol. The SMILES string of the molecule is Cc1cccc(Cl)c1SNC(CCn1cccc1C#N)C(=O)N1CCC(CO)CC1. The standard InChI is InChI=1S/C22H27ClN4O2S/c1-16-4-2-6-19(23)21(16)30-25-20(9-13-26-10-3-5-18(26)14-24)22(29)27-11-7-17(15-28)8-12-27/h2-6,10,17,20,25,28H,7-9,11-13,15H2,1H3. The van der Waals surface area contributed by atoms with Crippen LogP contribution in [0, 0.1) is 24.2 Å². The van der Waals surface area contributed by atoms with E-state index in [2.05, 4.69) is 10.8 Å². The normalized spacial score (nSPS) is 15.7. The predicted octanol–water partition coefficient (Wildman–Crippen LogP) is 3.61. The summed E-state index contributed by atoms with van der Waals surface area (Å²) in [5.41, 5.74) is 1.63. The smallest absolute Gasteiger partial charge is 0.240 e. The third kappa shape index (κ3) is 5.58. The van der Waals surface area contributed by atoms with E-state index in [-0.39, 0.29) is 18.4 Å². The highest BCUT2D eigenvalue weighted by Crippen LogP contribution is 2.29. The minimum absolute atomic E-state index is 0.0502. The number of rotatable bonds is 8. The summed E-state index contributed by atoms with van der Waals surface area (Å²) >= 11 is 7.73. The maximum Gasteiger partial charge on any atom is 0.240 e. The molecule has 2 heterocycles. The molecule has 2 aromatic rings. The highest BCUT2D eigenvalue weighted by molar-refractivity contribution is 7.97. The highest BCUT2D eigenvalue weighted by atomic mass is 35.5. The van der Waals surface area contributed by atoms with Gasteiger partial charge in [0, 0.05) is 37.3 Å². The number of nitrogens with zero attached hydrogens (tertiary/aromatic N) is 3. The van der Waals surface area contributed by atoms with E-state index < -0.39 is 6.04 Å². The number of piperidine rings is 1. The number of carbonyl (C=O) groups is 1. The molecule has 1 saturated heterocycles. The molecule has 1 aliphatic rings. The second-order valence-electron chi connectivity index (χ2n) is 7.60. The molecule has 1 unspecified atom stereocenters. The zero-order chi connectivity index (χ0) is 21.5. The average molecular weight is 447 g/mol. The van der Waals surface area contributed by atoms with E-state index in [1.807, 2.05) is 46.9 Å². The average Bonchev–Trinajstić information content (AvgIpc) is 3.22. The third-order valence-electron chi connectivity index (χ3n) is 5.55. The second kappa shape index (κ2) is 10.9. The van der Waals surface area contributed by atoms with Crippen LogP contribution >= 0.6 is 23.5 Å². The van der Waals surface area contributed by atoms with Gasteiger partial charge in [-0.3, -0.25) is 4.79 Å². The number of aryl methyl sites for hydroxylation is 2. The Bertz CT molecular complexity index is 883. The quantitative estimate of drug-likeness (QED) is 0.605. The zero-order valence-electron chi connectivity index (χ0n) is 17.1. The fourth-order valence-corrected chi connectivity index (χ4v) is 4.85. The Morgan fingerprint density at radius 2 is 2.13 bits per heavy atom. The summed E-state index contributed by atoms with van der Waals surface area (Å²) in [7, 11) is 0. The number of halogens is 1. The lowest BCUT2D eigenvalue weighted by atomic mass is 9.97. The first-order chi connectivity index (χ1) is 14.5. The van der Waals surface area contributed by atoms with Gasteiger partial charge in [0.25, 0.3) is 0 Å². The molecule has 8 heteroatoms. The molecule has 1 aromatic heterocycles. The number of hydrogen-bond donors (Lipinski definition) is 2. The van der Waals surface area contributed by atoms with Crippen molar-refractivity contribution in [3.63, 3.8) is 0 Å². The van der Waals surface area contributed by atoms with E-state index in [1.165, 1.54) is 11.9 Å². The molecule has 1 aromatic carbocycles. The Hall–Kier alpha value is -1.98. The zero-order valence-corrected chi connectivity index (χ0v) is 18.6. The number of nitrogens with one attached hydrogen (secondary N) is 1. The van der Waals surface area contributed by atoms with Gasteiger partial charge in [-0.05, 0) is 67.8 Å². The largest absolute Gasteiger partial charge is 0.396 e. The summed E-state index contributed by atoms with van der Waals surface area (Å²) < 4.78 is 5.20. The lowest BCUT2D eigenvalue weighted by Crippen LogP contribution is -2.48. The molecule has 0 radical (unpaired) electrons. The molecule has 0 aliphatic carbocycles. The van der Waals surface area contributed by atoms with Crippen molar-refractivity contribution in [2.24, 2.45) is 5.92 Å². The first kappa shape index (κ1) is 22.7. The van der Waals surface area contributed by atoms with Crippen LogP contribution in [0.25, 0.3) is 0 Å². The van der Waals surface area contributed by atoms with E-state index in [9.17, 15) is 15.2 Å². The Morgan fingerprint density at radius 1 is 1.37 bits per heavy atom. The van der Waals surface area contributed by atoms with Crippen LogP contribution in [0.2, 0.25) is 5.02 Å². The molecule has 6 nitrogen and oxygen atoms in total. The molecule has 30 heavy (non-hydrogen) atoms. The van der Waals surface area contributed by atoms with Crippen molar-refractivity contribution >= 4 is 29.5 Å². The molecule has 1 atom stereocenters. The number of benzene rings is 1. The summed E-state index contributed by atoms with van der Waals surface area (Å²) in [6.07, 6.45) is 4.06. The Labute approximate surface area is 187 Å². The Morgan fingerprint density at radius 3 is 2.80 bits per heavy atom. The van der Waals surface area contributed by atoms with Gasteiger partial charge in [-0.2, -0.15) is 5.26 Å². The van der Waals surface area contributed by atoms with Gasteiger partial charge in [0.15, 0.2) is 0 Å². The van der Waals surface area contributed by atoms with Crippen molar-refractivity contribution in [3.05, 3.63) is 52.8 Å². The van der Waals surface area contributed by atoms with Gasteiger partial charge in [-0.1, -0.05) is 23.7 Å². The molecule has 160 valence electrons. The molecule has 3 rings (SSSR count). The topological polar surface area (TPSA) is 81.3 Å². The molecule has 0 saturated carbocycles. The fraction of sp³-hybridized carbons (Fsp3) is 0.455. The van der Waals surface area contributed by atoms with E-state index >= 15 is 0 Å². The number of amides is 1. The van der Waals surface area contributed by atoms with Crippen molar-refractivity contribution in [2.45, 2.75) is 43.7 Å². The number of aromatic nitrogens is 1.